The van der Waals surface area contributed by atoms with Gasteiger partial charge in [-0.05, 0) is 64.4 Å². The molecule has 0 aromatic heterocycles. The average Bonchev–Trinajstić information content (AvgIpc) is 3.13. The molecule has 0 aliphatic rings. The maximum absolute atomic E-state index is 14.4. The summed E-state index contributed by atoms with van der Waals surface area (Å²) in [6.45, 7) is 12.8. The number of ether oxygens (including phenoxy) is 1. The molecule has 0 aliphatic heterocycles. The predicted octanol–water partition coefficient (Wildman–Crippen LogP) is 1.98. The number of nitrogens with zero attached hydrogens (tertiary/aromatic N) is 5. The molecule has 3 aromatic carbocycles. The van der Waals surface area contributed by atoms with Crippen molar-refractivity contribution in [2.75, 3.05) is 48.4 Å². The number of nitrogens with two attached hydrogens (primary N) is 10. The number of thioether (sulfide) groups is 2. The number of benzene rings is 3. The van der Waals surface area contributed by atoms with Crippen LogP contribution in [0.1, 0.15) is 73.4 Å². The van der Waals surface area contributed by atoms with Crippen LogP contribution in [0.5, 0.6) is 5.75 Å². The van der Waals surface area contributed by atoms with E-state index in [4.69, 9.17) is 62.1 Å². The van der Waals surface area contributed by atoms with Gasteiger partial charge in [-0.1, -0.05) is 41.5 Å². The van der Waals surface area contributed by atoms with E-state index in [-0.39, 0.29) is 83.7 Å². The fourth-order valence-corrected chi connectivity index (χ4v) is 7.15. The lowest BCUT2D eigenvalue weighted by atomic mass is 9.86. The number of amides is 2. The molecular formula is C39H59N17O3S2. The van der Waals surface area contributed by atoms with Crippen molar-refractivity contribution in [2.24, 2.45) is 82.3 Å². The van der Waals surface area contributed by atoms with Crippen molar-refractivity contribution in [1.29, 1.82) is 0 Å². The van der Waals surface area contributed by atoms with E-state index >= 15 is 0 Å². The summed E-state index contributed by atoms with van der Waals surface area (Å²) in [6.07, 6.45) is 0. The Labute approximate surface area is 364 Å². The molecule has 0 spiro atoms. The summed E-state index contributed by atoms with van der Waals surface area (Å²) in [4.78, 5) is 50.7. The first kappa shape index (κ1) is 48.8. The molecule has 0 fully saturated rings. The van der Waals surface area contributed by atoms with Crippen LogP contribution in [0.15, 0.2) is 77.2 Å². The van der Waals surface area contributed by atoms with E-state index in [1.165, 1.54) is 41.7 Å². The summed E-state index contributed by atoms with van der Waals surface area (Å²) in [5.74, 6) is -0.707. The molecule has 0 heterocycles. The van der Waals surface area contributed by atoms with Crippen LogP contribution in [-0.2, 0) is 10.8 Å². The Kier molecular flexibility index (Phi) is 17.3. The molecule has 0 saturated carbocycles. The van der Waals surface area contributed by atoms with Crippen molar-refractivity contribution >= 4 is 87.9 Å². The molecule has 2 amide bonds. The van der Waals surface area contributed by atoms with E-state index in [0.717, 1.165) is 11.1 Å². The highest BCUT2D eigenvalue weighted by Gasteiger charge is 2.24. The van der Waals surface area contributed by atoms with Gasteiger partial charge in [0.2, 0.25) is 0 Å². The molecule has 20 nitrogen and oxygen atoms in total. The third-order valence-corrected chi connectivity index (χ3v) is 10.4. The Bertz CT molecular complexity index is 2070. The zero-order chi connectivity index (χ0) is 45.7. The monoisotopic (exact) mass is 877 g/mol. The first-order valence-electron chi connectivity index (χ1n) is 18.8. The largest absolute Gasteiger partial charge is 0.492 e. The zero-order valence-electron chi connectivity index (χ0n) is 35.3. The molecule has 22 heteroatoms. The number of rotatable bonds is 18. The second kappa shape index (κ2) is 21.6. The van der Waals surface area contributed by atoms with Gasteiger partial charge in [0.1, 0.15) is 12.4 Å². The molecule has 330 valence electrons. The number of aliphatic imine (C=N–C) groups is 5. The Balaban J connectivity index is 2.21. The van der Waals surface area contributed by atoms with Crippen molar-refractivity contribution in [3.63, 3.8) is 0 Å². The van der Waals surface area contributed by atoms with E-state index < -0.39 is 11.8 Å². The second-order valence-corrected chi connectivity index (χ2v) is 17.6. The van der Waals surface area contributed by atoms with E-state index in [9.17, 15) is 9.59 Å². The first-order valence-corrected chi connectivity index (χ1v) is 20.8. The fourth-order valence-electron chi connectivity index (χ4n) is 5.34. The van der Waals surface area contributed by atoms with Gasteiger partial charge >= 0.3 is 0 Å². The third-order valence-electron chi connectivity index (χ3n) is 8.22. The van der Waals surface area contributed by atoms with E-state index in [1.807, 2.05) is 65.8 Å². The van der Waals surface area contributed by atoms with Gasteiger partial charge in [-0.2, -0.15) is 0 Å². The molecule has 3 aromatic rings. The van der Waals surface area contributed by atoms with Crippen LogP contribution in [0.2, 0.25) is 0 Å². The van der Waals surface area contributed by atoms with E-state index in [0.29, 0.717) is 44.0 Å². The zero-order valence-corrected chi connectivity index (χ0v) is 37.0. The van der Waals surface area contributed by atoms with E-state index in [1.54, 1.807) is 0 Å². The summed E-state index contributed by atoms with van der Waals surface area (Å²) in [5, 5.41) is 6.03. The summed E-state index contributed by atoms with van der Waals surface area (Å²) in [6, 6.07) is 11.8. The maximum atomic E-state index is 14.4. The number of hydrogen-bond acceptors (Lipinski definition) is 10. The van der Waals surface area contributed by atoms with Gasteiger partial charge in [0, 0.05) is 22.6 Å². The number of nitrogens with one attached hydrogen (secondary N) is 2. The van der Waals surface area contributed by atoms with Crippen molar-refractivity contribution in [1.82, 2.24) is 0 Å². The second-order valence-electron chi connectivity index (χ2n) is 15.4. The summed E-state index contributed by atoms with van der Waals surface area (Å²) in [7, 11) is 0. The molecule has 0 atom stereocenters. The Morgan fingerprint density at radius 1 is 0.541 bits per heavy atom. The molecule has 0 bridgehead atoms. The average molecular weight is 878 g/mol. The number of carbonyl (C=O) groups excluding carboxylic acids is 2. The highest BCUT2D eigenvalue weighted by Crippen LogP contribution is 2.42. The van der Waals surface area contributed by atoms with Gasteiger partial charge in [0.15, 0.2) is 29.8 Å². The Morgan fingerprint density at radius 2 is 0.918 bits per heavy atom. The lowest BCUT2D eigenvalue weighted by Gasteiger charge is -2.23. The Hall–Kier alpha value is -6.55. The van der Waals surface area contributed by atoms with Crippen molar-refractivity contribution in [3.05, 3.63) is 64.7 Å². The van der Waals surface area contributed by atoms with Gasteiger partial charge in [-0.3, -0.25) is 24.6 Å². The lowest BCUT2D eigenvalue weighted by Crippen LogP contribution is -2.23. The van der Waals surface area contributed by atoms with Crippen LogP contribution in [0.3, 0.4) is 0 Å². The molecule has 0 unspecified atom stereocenters. The van der Waals surface area contributed by atoms with Gasteiger partial charge in [0.05, 0.1) is 52.2 Å². The smallest absolute Gasteiger partial charge is 0.255 e. The molecule has 0 saturated heterocycles. The highest BCUT2D eigenvalue weighted by atomic mass is 32.2. The third kappa shape index (κ3) is 15.9. The minimum Gasteiger partial charge on any atom is -0.492 e. The summed E-state index contributed by atoms with van der Waals surface area (Å²) >= 11 is 2.68. The molecule has 0 aliphatic carbocycles. The van der Waals surface area contributed by atoms with Crippen LogP contribution in [0.25, 0.3) is 0 Å². The standard InChI is InChI=1S/C39H59N17O3S2/c1-38(2,3)22-16-25(29(27(18-22)55-36(46)47)60-11-8-51-34(42)43)53-31(57)20-13-21(15-24(14-20)59-10-7-50-33(40)41)32(58)54-26-17-23(39(4,5)6)19-28(56-37(48)49)30(26)61-12-9-52-35(44)45/h13-19H,7-12H2,1-6H3,(H,53,57)(H,54,58)(H4,40,41,50)(H4,42,43,51)(H4,44,45,52)(H4,46,47,55)(H4,48,49,56). The van der Waals surface area contributed by atoms with Gasteiger partial charge in [-0.25, -0.2) is 9.98 Å². The minimum atomic E-state index is -0.572. The highest BCUT2D eigenvalue weighted by molar-refractivity contribution is 7.99. The van der Waals surface area contributed by atoms with Crippen LogP contribution in [0.4, 0.5) is 22.7 Å². The molecule has 0 radical (unpaired) electrons. The maximum Gasteiger partial charge on any atom is 0.255 e. The van der Waals surface area contributed by atoms with Gasteiger partial charge in [-0.15, -0.1) is 23.5 Å². The topological polar surface area (TPSA) is 389 Å². The lowest BCUT2D eigenvalue weighted by molar-refractivity contribution is 0.102. The van der Waals surface area contributed by atoms with E-state index in [2.05, 4.69) is 35.6 Å². The summed E-state index contributed by atoms with van der Waals surface area (Å²) in [5.41, 5.74) is 59.4. The first-order chi connectivity index (χ1) is 28.4. The predicted molar refractivity (Wildman–Crippen MR) is 253 cm³/mol. The Morgan fingerprint density at radius 3 is 1.26 bits per heavy atom. The molecule has 61 heavy (non-hydrogen) atoms. The molecular weight excluding hydrogens is 819 g/mol. The number of carbonyl (C=O) groups is 2. The van der Waals surface area contributed by atoms with Crippen LogP contribution in [0, 0.1) is 0 Å². The van der Waals surface area contributed by atoms with Gasteiger partial charge in [0.25, 0.3) is 11.8 Å². The van der Waals surface area contributed by atoms with Crippen molar-refractivity contribution in [3.8, 4) is 5.75 Å². The fraction of sp³-hybridized carbons (Fsp3) is 0.359. The number of anilines is 2. The van der Waals surface area contributed by atoms with Crippen molar-refractivity contribution < 1.29 is 14.3 Å². The van der Waals surface area contributed by atoms with Crippen molar-refractivity contribution in [2.45, 2.75) is 62.2 Å². The minimum absolute atomic E-state index is 0.0300. The molecule has 22 N–H and O–H groups in total. The quantitative estimate of drug-likeness (QED) is 0.0376. The number of guanidine groups is 5. The van der Waals surface area contributed by atoms with Gasteiger partial charge < -0.3 is 72.7 Å². The summed E-state index contributed by atoms with van der Waals surface area (Å²) < 4.78 is 5.97. The SMILES string of the molecule is CC(C)(C)c1cc(N=C(N)N)c(SCCN=C(N)N)c(NC(=O)c2cc(OCCN=C(N)N)cc(C(=O)Nc3cc(C(C)(C)C)cc(N=C(N)N)c3SCCN=C(N)N)c2)c1. The number of hydrogen-bond donors (Lipinski definition) is 12. The van der Waals surface area contributed by atoms with Crippen LogP contribution < -0.4 is 72.7 Å². The van der Waals surface area contributed by atoms with Crippen LogP contribution >= 0.6 is 23.5 Å². The molecule has 3 rings (SSSR count). The normalized spacial score (nSPS) is 11.1. The van der Waals surface area contributed by atoms with Crippen LogP contribution in [-0.4, -0.2) is 79.4 Å².